The number of nitrogens with zero attached hydrogens (tertiary/aromatic N) is 4. The average Bonchev–Trinajstić information content (AvgIpc) is 3.58. The number of carbonyl (C=O) groups excluding carboxylic acids is 2. The Bertz CT molecular complexity index is 963. The normalized spacial score (nSPS) is 24.7. The maximum atomic E-state index is 13.8. The molecule has 2 amide bonds. The third-order valence-electron chi connectivity index (χ3n) is 7.68. The highest BCUT2D eigenvalue weighted by Gasteiger charge is 2.43. The number of rotatable bonds is 6. The van der Waals surface area contributed by atoms with Gasteiger partial charge in [-0.05, 0) is 62.9 Å². The SMILES string of the molecule is Cc1ccc(N2C(=O)CCC(C(=O)N3CCN(CCN4CCCC4)CC3)C2c2cccs2)cc1. The van der Waals surface area contributed by atoms with Crippen LogP contribution in [-0.2, 0) is 9.59 Å². The van der Waals surface area contributed by atoms with Gasteiger partial charge in [-0.1, -0.05) is 23.8 Å². The summed E-state index contributed by atoms with van der Waals surface area (Å²) in [7, 11) is 0. The largest absolute Gasteiger partial charge is 0.340 e. The first-order chi connectivity index (χ1) is 16.6. The number of piperidine rings is 1. The molecule has 0 radical (unpaired) electrons. The molecule has 0 saturated carbocycles. The fourth-order valence-corrected chi connectivity index (χ4v) is 6.54. The zero-order chi connectivity index (χ0) is 23.5. The van der Waals surface area contributed by atoms with Crippen LogP contribution >= 0.6 is 11.3 Å². The summed E-state index contributed by atoms with van der Waals surface area (Å²) >= 11 is 1.64. The van der Waals surface area contributed by atoms with E-state index in [0.29, 0.717) is 12.8 Å². The van der Waals surface area contributed by atoms with E-state index in [4.69, 9.17) is 0 Å². The molecular formula is C27H36N4O2S. The fourth-order valence-electron chi connectivity index (χ4n) is 5.66. The van der Waals surface area contributed by atoms with Gasteiger partial charge in [0, 0.05) is 56.3 Å². The highest BCUT2D eigenvalue weighted by Crippen LogP contribution is 2.42. The van der Waals surface area contributed by atoms with E-state index in [9.17, 15) is 9.59 Å². The van der Waals surface area contributed by atoms with Gasteiger partial charge in [-0.2, -0.15) is 0 Å². The van der Waals surface area contributed by atoms with Gasteiger partial charge < -0.3 is 14.7 Å². The second-order valence-corrected chi connectivity index (χ2v) is 10.9. The van der Waals surface area contributed by atoms with Gasteiger partial charge in [0.15, 0.2) is 0 Å². The number of amides is 2. The maximum Gasteiger partial charge on any atom is 0.228 e. The van der Waals surface area contributed by atoms with E-state index in [2.05, 4.69) is 27.7 Å². The molecule has 3 fully saturated rings. The molecule has 0 aliphatic carbocycles. The molecule has 7 heteroatoms. The quantitative estimate of drug-likeness (QED) is 0.631. The zero-order valence-corrected chi connectivity index (χ0v) is 21.0. The average molecular weight is 481 g/mol. The summed E-state index contributed by atoms with van der Waals surface area (Å²) < 4.78 is 0. The van der Waals surface area contributed by atoms with E-state index >= 15 is 0 Å². The Morgan fingerprint density at radius 3 is 2.26 bits per heavy atom. The van der Waals surface area contributed by atoms with Crippen molar-refractivity contribution in [1.29, 1.82) is 0 Å². The van der Waals surface area contributed by atoms with Gasteiger partial charge >= 0.3 is 0 Å². The van der Waals surface area contributed by atoms with E-state index in [1.54, 1.807) is 11.3 Å². The molecule has 0 bridgehead atoms. The second-order valence-electron chi connectivity index (χ2n) is 9.92. The van der Waals surface area contributed by atoms with Crippen LogP contribution in [0.1, 0.15) is 42.2 Å². The summed E-state index contributed by atoms with van der Waals surface area (Å²) in [6.45, 7) is 10.2. The first-order valence-electron chi connectivity index (χ1n) is 12.8. The second kappa shape index (κ2) is 10.6. The number of benzene rings is 1. The highest BCUT2D eigenvalue weighted by atomic mass is 32.1. The van der Waals surface area contributed by atoms with Crippen molar-refractivity contribution in [2.45, 2.75) is 38.6 Å². The minimum atomic E-state index is -0.232. The molecule has 6 nitrogen and oxygen atoms in total. The first-order valence-corrected chi connectivity index (χ1v) is 13.6. The minimum Gasteiger partial charge on any atom is -0.340 e. The smallest absolute Gasteiger partial charge is 0.228 e. The highest BCUT2D eigenvalue weighted by molar-refractivity contribution is 7.10. The van der Waals surface area contributed by atoms with Crippen molar-refractivity contribution in [3.8, 4) is 0 Å². The lowest BCUT2D eigenvalue weighted by molar-refractivity contribution is -0.140. The Morgan fingerprint density at radius 1 is 0.941 bits per heavy atom. The van der Waals surface area contributed by atoms with Gasteiger partial charge in [0.05, 0.1) is 12.0 Å². The molecule has 2 aromatic rings. The third-order valence-corrected chi connectivity index (χ3v) is 8.62. The molecule has 3 saturated heterocycles. The van der Waals surface area contributed by atoms with E-state index < -0.39 is 0 Å². The Morgan fingerprint density at radius 2 is 1.62 bits per heavy atom. The Kier molecular flexibility index (Phi) is 7.32. The Hall–Kier alpha value is -2.22. The van der Waals surface area contributed by atoms with Gasteiger partial charge in [0.25, 0.3) is 0 Å². The molecule has 34 heavy (non-hydrogen) atoms. The molecular weight excluding hydrogens is 444 g/mol. The molecule has 2 unspecified atom stereocenters. The summed E-state index contributed by atoms with van der Waals surface area (Å²) in [5, 5.41) is 2.04. The number of anilines is 1. The summed E-state index contributed by atoms with van der Waals surface area (Å²) in [6.07, 6.45) is 3.70. The van der Waals surface area contributed by atoms with Crippen LogP contribution in [0.25, 0.3) is 0 Å². The van der Waals surface area contributed by atoms with Crippen molar-refractivity contribution in [2.24, 2.45) is 5.92 Å². The first kappa shape index (κ1) is 23.5. The van der Waals surface area contributed by atoms with E-state index in [-0.39, 0.29) is 23.8 Å². The zero-order valence-electron chi connectivity index (χ0n) is 20.2. The van der Waals surface area contributed by atoms with E-state index in [1.807, 2.05) is 40.6 Å². The molecule has 1 aromatic carbocycles. The van der Waals surface area contributed by atoms with Gasteiger partial charge in [-0.3, -0.25) is 14.5 Å². The monoisotopic (exact) mass is 480 g/mol. The van der Waals surface area contributed by atoms with Gasteiger partial charge in [-0.25, -0.2) is 0 Å². The van der Waals surface area contributed by atoms with E-state index in [1.165, 1.54) is 25.9 Å². The molecule has 2 atom stereocenters. The van der Waals surface area contributed by atoms with Crippen LogP contribution in [0.2, 0.25) is 0 Å². The van der Waals surface area contributed by atoms with Crippen LogP contribution in [0, 0.1) is 12.8 Å². The van der Waals surface area contributed by atoms with Crippen LogP contribution in [-0.4, -0.2) is 78.9 Å². The molecule has 3 aliphatic heterocycles. The van der Waals surface area contributed by atoms with Crippen molar-refractivity contribution >= 4 is 28.8 Å². The van der Waals surface area contributed by atoms with Crippen molar-refractivity contribution in [3.05, 3.63) is 52.2 Å². The Labute approximate surface area is 207 Å². The summed E-state index contributed by atoms with van der Waals surface area (Å²) in [6, 6.07) is 12.0. The number of thiophene rings is 1. The lowest BCUT2D eigenvalue weighted by Gasteiger charge is -2.43. The predicted molar refractivity (Wildman–Crippen MR) is 137 cm³/mol. The van der Waals surface area contributed by atoms with Gasteiger partial charge in [0.1, 0.15) is 0 Å². The molecule has 4 heterocycles. The number of carbonyl (C=O) groups is 2. The molecule has 182 valence electrons. The number of likely N-dealkylation sites (tertiary alicyclic amines) is 1. The number of aryl methyl sites for hydroxylation is 1. The molecule has 0 N–H and O–H groups in total. The molecule has 5 rings (SSSR count). The minimum absolute atomic E-state index is 0.109. The fraction of sp³-hybridized carbons (Fsp3) is 0.556. The van der Waals surface area contributed by atoms with Crippen LogP contribution in [0.3, 0.4) is 0 Å². The summed E-state index contributed by atoms with van der Waals surface area (Å²) in [5.41, 5.74) is 2.05. The molecule has 1 aromatic heterocycles. The maximum absolute atomic E-state index is 13.8. The Balaban J connectivity index is 1.29. The van der Waals surface area contributed by atoms with Gasteiger partial charge in [-0.15, -0.1) is 11.3 Å². The summed E-state index contributed by atoms with van der Waals surface area (Å²) in [4.78, 5) is 37.1. The van der Waals surface area contributed by atoms with Gasteiger partial charge in [0.2, 0.25) is 11.8 Å². The standard InChI is InChI=1S/C27H36N4O2S/c1-21-6-8-22(9-7-21)31-25(32)11-10-23(26(31)24-5-4-20-34-24)27(33)30-18-16-29(17-19-30)15-14-28-12-2-3-13-28/h4-9,20,23,26H,2-3,10-19H2,1H3. The molecule has 3 aliphatic rings. The summed E-state index contributed by atoms with van der Waals surface area (Å²) in [5.74, 6) is 0.119. The number of hydrogen-bond acceptors (Lipinski definition) is 5. The number of piperazine rings is 1. The molecule has 0 spiro atoms. The van der Waals surface area contributed by atoms with Crippen LogP contribution < -0.4 is 4.90 Å². The van der Waals surface area contributed by atoms with Crippen molar-refractivity contribution < 1.29 is 9.59 Å². The topological polar surface area (TPSA) is 47.1 Å². The van der Waals surface area contributed by atoms with Crippen molar-refractivity contribution in [2.75, 3.05) is 57.3 Å². The third kappa shape index (κ3) is 5.07. The lowest BCUT2D eigenvalue weighted by Crippen LogP contribution is -2.54. The van der Waals surface area contributed by atoms with Crippen molar-refractivity contribution in [3.63, 3.8) is 0 Å². The van der Waals surface area contributed by atoms with Crippen molar-refractivity contribution in [1.82, 2.24) is 14.7 Å². The number of hydrogen-bond donors (Lipinski definition) is 0. The lowest BCUT2D eigenvalue weighted by atomic mass is 9.85. The van der Waals surface area contributed by atoms with Crippen LogP contribution in [0.5, 0.6) is 0 Å². The van der Waals surface area contributed by atoms with Crippen LogP contribution in [0.4, 0.5) is 5.69 Å². The van der Waals surface area contributed by atoms with E-state index in [0.717, 1.165) is 55.4 Å². The van der Waals surface area contributed by atoms with Crippen LogP contribution in [0.15, 0.2) is 41.8 Å². The predicted octanol–water partition coefficient (Wildman–Crippen LogP) is 3.78.